The number of nitrogens with one attached hydrogen (secondary N) is 1. The first-order chi connectivity index (χ1) is 7.09. The minimum Gasteiger partial charge on any atom is -0.483 e. The van der Waals surface area contributed by atoms with E-state index in [1.54, 1.807) is 6.08 Å². The molecule has 0 atom stereocenters. The molecule has 0 amide bonds. The Balaban J connectivity index is 0. The van der Waals surface area contributed by atoms with Crippen LogP contribution in [0.25, 0.3) is 0 Å². The SMILES string of the molecule is CCCNC/C=C/C(=O)C(C)C.O=CO. The second-order valence-corrected chi connectivity index (χ2v) is 3.27. The fourth-order valence-corrected chi connectivity index (χ4v) is 0.730. The topological polar surface area (TPSA) is 66.4 Å². The molecule has 0 unspecified atom stereocenters. The van der Waals surface area contributed by atoms with E-state index in [0.29, 0.717) is 0 Å². The number of carbonyl (C=O) groups is 2. The van der Waals surface area contributed by atoms with E-state index < -0.39 is 0 Å². The van der Waals surface area contributed by atoms with Crippen LogP contribution < -0.4 is 5.32 Å². The number of allylic oxidation sites excluding steroid dienone is 1. The van der Waals surface area contributed by atoms with Gasteiger partial charge in [-0.3, -0.25) is 9.59 Å². The normalized spacial score (nSPS) is 9.87. The fourth-order valence-electron chi connectivity index (χ4n) is 0.730. The second-order valence-electron chi connectivity index (χ2n) is 3.27. The standard InChI is InChI=1S/C10H19NO.CH2O2/c1-4-7-11-8-5-6-10(12)9(2)3;2-1-3/h5-6,9,11H,4,7-8H2,1-3H3;1H,(H,2,3)/b6-5+;. The van der Waals surface area contributed by atoms with Gasteiger partial charge in [0.15, 0.2) is 5.78 Å². The maximum absolute atomic E-state index is 11.1. The van der Waals surface area contributed by atoms with Crippen LogP contribution >= 0.6 is 0 Å². The van der Waals surface area contributed by atoms with Gasteiger partial charge in [0.05, 0.1) is 0 Å². The van der Waals surface area contributed by atoms with Crippen molar-refractivity contribution < 1.29 is 14.7 Å². The summed E-state index contributed by atoms with van der Waals surface area (Å²) in [5.74, 6) is 0.320. The first-order valence-electron chi connectivity index (χ1n) is 5.09. The van der Waals surface area contributed by atoms with E-state index >= 15 is 0 Å². The lowest BCUT2D eigenvalue weighted by Crippen LogP contribution is -2.14. The van der Waals surface area contributed by atoms with Crippen molar-refractivity contribution in [1.29, 1.82) is 0 Å². The highest BCUT2D eigenvalue weighted by atomic mass is 16.3. The van der Waals surface area contributed by atoms with Crippen molar-refractivity contribution in [3.05, 3.63) is 12.2 Å². The van der Waals surface area contributed by atoms with Gasteiger partial charge in [0, 0.05) is 12.5 Å². The third-order valence-corrected chi connectivity index (χ3v) is 1.54. The third-order valence-electron chi connectivity index (χ3n) is 1.54. The molecule has 0 heterocycles. The monoisotopic (exact) mass is 215 g/mol. The molecule has 0 saturated heterocycles. The van der Waals surface area contributed by atoms with E-state index in [-0.39, 0.29) is 18.2 Å². The van der Waals surface area contributed by atoms with Crippen LogP contribution in [0.15, 0.2) is 12.2 Å². The lowest BCUT2D eigenvalue weighted by molar-refractivity contribution is -0.123. The van der Waals surface area contributed by atoms with Crippen molar-refractivity contribution in [2.24, 2.45) is 5.92 Å². The molecule has 0 aromatic carbocycles. The average molecular weight is 215 g/mol. The molecule has 0 bridgehead atoms. The van der Waals surface area contributed by atoms with Gasteiger partial charge in [-0.05, 0) is 19.0 Å². The quantitative estimate of drug-likeness (QED) is 0.400. The van der Waals surface area contributed by atoms with Crippen molar-refractivity contribution in [2.75, 3.05) is 13.1 Å². The number of rotatable bonds is 6. The van der Waals surface area contributed by atoms with Gasteiger partial charge in [-0.2, -0.15) is 0 Å². The van der Waals surface area contributed by atoms with Crippen molar-refractivity contribution in [3.63, 3.8) is 0 Å². The van der Waals surface area contributed by atoms with Crippen LogP contribution in [0.4, 0.5) is 0 Å². The van der Waals surface area contributed by atoms with E-state index in [9.17, 15) is 4.79 Å². The van der Waals surface area contributed by atoms with E-state index in [4.69, 9.17) is 9.90 Å². The summed E-state index contributed by atoms with van der Waals surface area (Å²) in [7, 11) is 0. The van der Waals surface area contributed by atoms with Crippen LogP contribution in [-0.2, 0) is 9.59 Å². The molecule has 0 saturated carbocycles. The maximum atomic E-state index is 11.1. The van der Waals surface area contributed by atoms with Crippen LogP contribution in [-0.4, -0.2) is 30.5 Å². The molecular weight excluding hydrogens is 194 g/mol. The molecule has 0 aliphatic heterocycles. The molecule has 0 aromatic heterocycles. The minimum absolute atomic E-state index is 0.118. The number of hydrogen-bond acceptors (Lipinski definition) is 3. The summed E-state index contributed by atoms with van der Waals surface area (Å²) < 4.78 is 0. The van der Waals surface area contributed by atoms with Gasteiger partial charge in [0.1, 0.15) is 0 Å². The highest BCUT2D eigenvalue weighted by Crippen LogP contribution is 1.94. The highest BCUT2D eigenvalue weighted by molar-refractivity contribution is 5.91. The van der Waals surface area contributed by atoms with Crippen molar-refractivity contribution in [2.45, 2.75) is 27.2 Å². The predicted octanol–water partition coefficient (Wildman–Crippen LogP) is 1.47. The zero-order valence-corrected chi connectivity index (χ0v) is 9.69. The summed E-state index contributed by atoms with van der Waals surface area (Å²) in [4.78, 5) is 19.4. The molecule has 0 spiro atoms. The zero-order chi connectivity index (χ0) is 12.1. The summed E-state index contributed by atoms with van der Waals surface area (Å²) in [6, 6.07) is 0. The predicted molar refractivity (Wildman–Crippen MR) is 60.8 cm³/mol. The molecule has 15 heavy (non-hydrogen) atoms. The summed E-state index contributed by atoms with van der Waals surface area (Å²) in [6.07, 6.45) is 4.68. The van der Waals surface area contributed by atoms with Gasteiger partial charge >= 0.3 is 0 Å². The molecule has 0 fully saturated rings. The lowest BCUT2D eigenvalue weighted by Gasteiger charge is -1.98. The Morgan fingerprint density at radius 2 is 2.00 bits per heavy atom. The molecule has 4 nitrogen and oxygen atoms in total. The Bertz CT molecular complexity index is 188. The largest absolute Gasteiger partial charge is 0.483 e. The van der Waals surface area contributed by atoms with Crippen LogP contribution in [0, 0.1) is 5.92 Å². The highest BCUT2D eigenvalue weighted by Gasteiger charge is 2.00. The molecule has 0 rings (SSSR count). The molecule has 4 heteroatoms. The number of ketones is 1. The van der Waals surface area contributed by atoms with Gasteiger partial charge in [-0.15, -0.1) is 0 Å². The van der Waals surface area contributed by atoms with E-state index in [1.807, 2.05) is 19.9 Å². The number of hydrogen-bond donors (Lipinski definition) is 2. The second kappa shape index (κ2) is 12.8. The van der Waals surface area contributed by atoms with E-state index in [1.165, 1.54) is 0 Å². The Labute approximate surface area is 91.4 Å². The Kier molecular flexibility index (Phi) is 13.9. The first-order valence-corrected chi connectivity index (χ1v) is 5.09. The van der Waals surface area contributed by atoms with Gasteiger partial charge in [0.2, 0.25) is 0 Å². The minimum atomic E-state index is -0.250. The summed E-state index contributed by atoms with van der Waals surface area (Å²) in [6.45, 7) is 7.50. The van der Waals surface area contributed by atoms with Gasteiger partial charge in [-0.25, -0.2) is 0 Å². The molecule has 0 aromatic rings. The molecular formula is C11H21NO3. The van der Waals surface area contributed by atoms with Gasteiger partial charge in [-0.1, -0.05) is 26.8 Å². The molecule has 0 aliphatic carbocycles. The number of carboxylic acid groups (broad SMARTS) is 1. The van der Waals surface area contributed by atoms with E-state index in [2.05, 4.69) is 12.2 Å². The van der Waals surface area contributed by atoms with Crippen LogP contribution in [0.1, 0.15) is 27.2 Å². The van der Waals surface area contributed by atoms with Crippen LogP contribution in [0.3, 0.4) is 0 Å². The van der Waals surface area contributed by atoms with E-state index in [0.717, 1.165) is 19.5 Å². The van der Waals surface area contributed by atoms with Gasteiger partial charge < -0.3 is 10.4 Å². The maximum Gasteiger partial charge on any atom is 0.290 e. The molecule has 88 valence electrons. The van der Waals surface area contributed by atoms with Crippen LogP contribution in [0.2, 0.25) is 0 Å². The Morgan fingerprint density at radius 1 is 1.47 bits per heavy atom. The van der Waals surface area contributed by atoms with Crippen molar-refractivity contribution in [1.82, 2.24) is 5.32 Å². The van der Waals surface area contributed by atoms with Crippen molar-refractivity contribution >= 4 is 12.3 Å². The smallest absolute Gasteiger partial charge is 0.290 e. The summed E-state index contributed by atoms with van der Waals surface area (Å²) in [5, 5.41) is 10.1. The number of carbonyl (C=O) groups excluding carboxylic acids is 1. The van der Waals surface area contributed by atoms with Crippen molar-refractivity contribution in [3.8, 4) is 0 Å². The molecule has 0 radical (unpaired) electrons. The van der Waals surface area contributed by atoms with Gasteiger partial charge in [0.25, 0.3) is 6.47 Å². The first kappa shape index (κ1) is 16.3. The summed E-state index contributed by atoms with van der Waals surface area (Å²) >= 11 is 0. The summed E-state index contributed by atoms with van der Waals surface area (Å²) in [5.41, 5.74) is 0. The Hall–Kier alpha value is -1.16. The molecule has 0 aliphatic rings. The fraction of sp³-hybridized carbons (Fsp3) is 0.636. The lowest BCUT2D eigenvalue weighted by atomic mass is 10.1. The average Bonchev–Trinajstić information content (AvgIpc) is 2.18. The van der Waals surface area contributed by atoms with Crippen LogP contribution in [0.5, 0.6) is 0 Å². The zero-order valence-electron chi connectivity index (χ0n) is 9.69. The Morgan fingerprint density at radius 3 is 2.40 bits per heavy atom. The third kappa shape index (κ3) is 15.6. The molecule has 2 N–H and O–H groups in total.